The van der Waals surface area contributed by atoms with Crippen molar-refractivity contribution in [2.75, 3.05) is 6.61 Å². The number of hydrogen-bond acceptors (Lipinski definition) is 6. The highest BCUT2D eigenvalue weighted by atomic mass is 35.5. The van der Waals surface area contributed by atoms with Gasteiger partial charge in [-0.05, 0) is 25.1 Å². The fourth-order valence-electron chi connectivity index (χ4n) is 1.93. The van der Waals surface area contributed by atoms with Crippen molar-refractivity contribution in [2.45, 2.75) is 11.8 Å². The molecule has 1 aromatic heterocycles. The minimum Gasteiger partial charge on any atom is -0.461 e. The Morgan fingerprint density at radius 1 is 1.35 bits per heavy atom. The van der Waals surface area contributed by atoms with E-state index in [1.54, 1.807) is 6.92 Å². The lowest BCUT2D eigenvalue weighted by Crippen LogP contribution is -2.20. The summed E-state index contributed by atoms with van der Waals surface area (Å²) in [5, 5.41) is 10.8. The first-order chi connectivity index (χ1) is 10.8. The zero-order chi connectivity index (χ0) is 17.2. The molecular formula is C13H11ClN2O6S. The number of halogens is 1. The van der Waals surface area contributed by atoms with Crippen molar-refractivity contribution >= 4 is 33.3 Å². The molecule has 0 spiro atoms. The second-order valence-electron chi connectivity index (χ2n) is 4.26. The van der Waals surface area contributed by atoms with Crippen LogP contribution in [0.3, 0.4) is 0 Å². The maximum absolute atomic E-state index is 12.7. The summed E-state index contributed by atoms with van der Waals surface area (Å²) in [6.07, 6.45) is 1.09. The van der Waals surface area contributed by atoms with Crippen LogP contribution in [0.5, 0.6) is 0 Å². The summed E-state index contributed by atoms with van der Waals surface area (Å²) in [5.74, 6) is -0.865. The van der Waals surface area contributed by atoms with Crippen molar-refractivity contribution in [2.24, 2.45) is 0 Å². The van der Waals surface area contributed by atoms with Crippen LogP contribution >= 0.6 is 11.6 Å². The van der Waals surface area contributed by atoms with Crippen LogP contribution in [0.1, 0.15) is 17.4 Å². The van der Waals surface area contributed by atoms with Crippen LogP contribution in [0.4, 0.5) is 5.69 Å². The molecule has 0 saturated carbocycles. The van der Waals surface area contributed by atoms with Gasteiger partial charge in [0.05, 0.1) is 16.6 Å². The van der Waals surface area contributed by atoms with E-state index in [2.05, 4.69) is 0 Å². The summed E-state index contributed by atoms with van der Waals surface area (Å²) in [5.41, 5.74) is -0.956. The second-order valence-corrected chi connectivity index (χ2v) is 6.42. The summed E-state index contributed by atoms with van der Waals surface area (Å²) in [6.45, 7) is 1.62. The molecule has 0 saturated heterocycles. The molecule has 0 fully saturated rings. The number of esters is 1. The third-order valence-corrected chi connectivity index (χ3v) is 5.07. The topological polar surface area (TPSA) is 109 Å². The van der Waals surface area contributed by atoms with Crippen molar-refractivity contribution in [3.63, 3.8) is 0 Å². The smallest absolute Gasteiger partial charge is 0.355 e. The van der Waals surface area contributed by atoms with Gasteiger partial charge < -0.3 is 4.74 Å². The average Bonchev–Trinajstić information content (AvgIpc) is 2.97. The third kappa shape index (κ3) is 3.06. The van der Waals surface area contributed by atoms with E-state index in [-0.39, 0.29) is 17.3 Å². The van der Waals surface area contributed by atoms with Gasteiger partial charge in [0.15, 0.2) is 4.90 Å². The number of benzene rings is 1. The fourth-order valence-corrected chi connectivity index (χ4v) is 3.94. The number of rotatable bonds is 5. The van der Waals surface area contributed by atoms with Crippen LogP contribution in [-0.4, -0.2) is 29.9 Å². The zero-order valence-corrected chi connectivity index (χ0v) is 13.4. The van der Waals surface area contributed by atoms with Gasteiger partial charge >= 0.3 is 5.97 Å². The van der Waals surface area contributed by atoms with Crippen LogP contribution in [0.15, 0.2) is 41.4 Å². The van der Waals surface area contributed by atoms with Crippen LogP contribution in [0.25, 0.3) is 0 Å². The van der Waals surface area contributed by atoms with E-state index in [9.17, 15) is 23.3 Å². The normalized spacial score (nSPS) is 11.2. The van der Waals surface area contributed by atoms with Crippen molar-refractivity contribution in [3.05, 3.63) is 57.4 Å². The number of hydrogen-bond donors (Lipinski definition) is 0. The van der Waals surface area contributed by atoms with Gasteiger partial charge in [0.25, 0.3) is 15.7 Å². The summed E-state index contributed by atoms with van der Waals surface area (Å²) >= 11 is 5.85. The summed E-state index contributed by atoms with van der Waals surface area (Å²) in [6, 6.07) is 6.05. The maximum atomic E-state index is 12.7. The maximum Gasteiger partial charge on any atom is 0.355 e. The quantitative estimate of drug-likeness (QED) is 0.461. The molecule has 0 aliphatic rings. The molecule has 2 aromatic rings. The summed E-state index contributed by atoms with van der Waals surface area (Å²) < 4.78 is 30.9. The Morgan fingerprint density at radius 2 is 2.04 bits per heavy atom. The van der Waals surface area contributed by atoms with E-state index < -0.39 is 31.5 Å². The van der Waals surface area contributed by atoms with Crippen LogP contribution in [0, 0.1) is 10.1 Å². The molecule has 23 heavy (non-hydrogen) atoms. The van der Waals surface area contributed by atoms with E-state index in [4.69, 9.17) is 16.3 Å². The lowest BCUT2D eigenvalue weighted by molar-refractivity contribution is -0.387. The Bertz CT molecular complexity index is 874. The average molecular weight is 359 g/mol. The number of carbonyl (C=O) groups excluding carboxylic acids is 1. The minimum atomic E-state index is -4.45. The largest absolute Gasteiger partial charge is 0.461 e. The fraction of sp³-hybridized carbons (Fsp3) is 0.154. The van der Waals surface area contributed by atoms with Gasteiger partial charge in [0.1, 0.15) is 5.69 Å². The molecule has 8 nitrogen and oxygen atoms in total. The Kier molecular flexibility index (Phi) is 4.71. The summed E-state index contributed by atoms with van der Waals surface area (Å²) in [4.78, 5) is 21.4. The molecule has 0 unspecified atom stereocenters. The van der Waals surface area contributed by atoms with Gasteiger partial charge in [0, 0.05) is 12.3 Å². The minimum absolute atomic E-state index is 0.0519. The molecular weight excluding hydrogens is 348 g/mol. The van der Waals surface area contributed by atoms with Gasteiger partial charge in [0.2, 0.25) is 0 Å². The molecule has 0 radical (unpaired) electrons. The molecule has 122 valence electrons. The van der Waals surface area contributed by atoms with Crippen LogP contribution in [0.2, 0.25) is 5.02 Å². The number of nitro groups is 1. The molecule has 10 heteroatoms. The molecule has 2 rings (SSSR count). The number of carbonyl (C=O) groups is 1. The van der Waals surface area contributed by atoms with Gasteiger partial charge in [-0.2, -0.15) is 0 Å². The first kappa shape index (κ1) is 17.0. The van der Waals surface area contributed by atoms with Crippen LogP contribution < -0.4 is 0 Å². The van der Waals surface area contributed by atoms with Gasteiger partial charge in [-0.1, -0.05) is 17.7 Å². The number of aromatic nitrogens is 1. The monoisotopic (exact) mass is 358 g/mol. The van der Waals surface area contributed by atoms with E-state index in [1.807, 2.05) is 0 Å². The Morgan fingerprint density at radius 3 is 2.65 bits per heavy atom. The Balaban J connectivity index is 2.69. The highest BCUT2D eigenvalue weighted by Crippen LogP contribution is 2.33. The second kappa shape index (κ2) is 6.39. The summed E-state index contributed by atoms with van der Waals surface area (Å²) in [7, 11) is -4.45. The molecule has 0 amide bonds. The Labute approximate surface area is 136 Å². The molecule has 0 N–H and O–H groups in total. The highest BCUT2D eigenvalue weighted by molar-refractivity contribution is 7.90. The lowest BCUT2D eigenvalue weighted by Gasteiger charge is -2.11. The first-order valence-electron chi connectivity index (χ1n) is 6.33. The third-order valence-electron chi connectivity index (χ3n) is 2.86. The van der Waals surface area contributed by atoms with Gasteiger partial charge in [-0.15, -0.1) is 0 Å². The van der Waals surface area contributed by atoms with Gasteiger partial charge in [-0.25, -0.2) is 17.2 Å². The van der Waals surface area contributed by atoms with Crippen molar-refractivity contribution in [3.8, 4) is 0 Å². The zero-order valence-electron chi connectivity index (χ0n) is 11.8. The van der Waals surface area contributed by atoms with Crippen LogP contribution in [-0.2, 0) is 14.8 Å². The molecule has 0 atom stereocenters. The van der Waals surface area contributed by atoms with Crippen molar-refractivity contribution < 1.29 is 22.9 Å². The Hall–Kier alpha value is -2.39. The standard InChI is InChI=1S/C13H11ClN2O6S/c1-2-22-13(17)11-7-4-8-15(11)23(20,21)12-9(14)5-3-6-10(12)16(18)19/h3-8H,2H2,1H3. The van der Waals surface area contributed by atoms with E-state index >= 15 is 0 Å². The van der Waals surface area contributed by atoms with E-state index in [0.29, 0.717) is 3.97 Å². The molecule has 1 heterocycles. The molecule has 0 aliphatic heterocycles. The predicted molar refractivity (Wildman–Crippen MR) is 81.1 cm³/mol. The number of nitrogens with zero attached hydrogens (tertiary/aromatic N) is 2. The predicted octanol–water partition coefficient (Wildman–Crippen LogP) is 2.46. The number of nitro benzene ring substituents is 1. The molecule has 0 aliphatic carbocycles. The van der Waals surface area contributed by atoms with Crippen molar-refractivity contribution in [1.29, 1.82) is 0 Å². The first-order valence-corrected chi connectivity index (χ1v) is 8.15. The number of ether oxygens (including phenoxy) is 1. The molecule has 1 aromatic carbocycles. The van der Waals surface area contributed by atoms with E-state index in [1.165, 1.54) is 24.3 Å². The highest BCUT2D eigenvalue weighted by Gasteiger charge is 2.32. The van der Waals surface area contributed by atoms with Gasteiger partial charge in [-0.3, -0.25) is 10.1 Å². The van der Waals surface area contributed by atoms with Crippen molar-refractivity contribution in [1.82, 2.24) is 3.97 Å². The van der Waals surface area contributed by atoms with E-state index in [0.717, 1.165) is 12.3 Å². The SMILES string of the molecule is CCOC(=O)c1cccn1S(=O)(=O)c1c(Cl)cccc1[N+](=O)[O-]. The lowest BCUT2D eigenvalue weighted by atomic mass is 10.3. The molecule has 0 bridgehead atoms.